The average Bonchev–Trinajstić information content (AvgIpc) is 3.16. The van der Waals surface area contributed by atoms with E-state index in [0.29, 0.717) is 22.2 Å². The van der Waals surface area contributed by atoms with Crippen LogP contribution in [0, 0.1) is 0 Å². The lowest BCUT2D eigenvalue weighted by atomic mass is 10.0. The van der Waals surface area contributed by atoms with Gasteiger partial charge in [-0.1, -0.05) is 12.1 Å². The number of para-hydroxylation sites is 1. The van der Waals surface area contributed by atoms with E-state index >= 15 is 0 Å². The van der Waals surface area contributed by atoms with Gasteiger partial charge in [0.1, 0.15) is 5.01 Å². The fourth-order valence-electron chi connectivity index (χ4n) is 3.02. The van der Waals surface area contributed by atoms with E-state index < -0.39 is 35.0 Å². The third-order valence-corrected chi connectivity index (χ3v) is 5.53. The van der Waals surface area contributed by atoms with Crippen molar-refractivity contribution >= 4 is 33.1 Å². The van der Waals surface area contributed by atoms with Crippen LogP contribution in [0.25, 0.3) is 20.8 Å². The molecule has 0 fully saturated rings. The number of aromatic nitrogens is 2. The zero-order valence-corrected chi connectivity index (χ0v) is 16.6. The third-order valence-electron chi connectivity index (χ3n) is 4.49. The third kappa shape index (κ3) is 4.28. The van der Waals surface area contributed by atoms with Crippen molar-refractivity contribution in [3.8, 4) is 10.6 Å². The molecule has 1 amide bonds. The largest absolute Gasteiger partial charge is 0.417 e. The van der Waals surface area contributed by atoms with Crippen LogP contribution < -0.4 is 5.32 Å². The molecule has 2 aromatic heterocycles. The second kappa shape index (κ2) is 7.90. The van der Waals surface area contributed by atoms with Gasteiger partial charge in [-0.05, 0) is 36.4 Å². The number of pyridine rings is 1. The van der Waals surface area contributed by atoms with Crippen LogP contribution >= 0.6 is 11.3 Å². The molecule has 0 aliphatic rings. The lowest BCUT2D eigenvalue weighted by Gasteiger charge is -2.16. The van der Waals surface area contributed by atoms with Gasteiger partial charge in [-0.2, -0.15) is 26.3 Å². The first-order valence-electron chi connectivity index (χ1n) is 8.94. The molecule has 0 aliphatic carbocycles. The lowest BCUT2D eigenvalue weighted by Crippen LogP contribution is -2.20. The number of rotatable bonds is 3. The fourth-order valence-corrected chi connectivity index (χ4v) is 3.99. The molecule has 0 saturated carbocycles. The van der Waals surface area contributed by atoms with E-state index in [2.05, 4.69) is 15.3 Å². The van der Waals surface area contributed by atoms with E-state index in [1.54, 1.807) is 30.6 Å². The standard InChI is InChI=1S/C21H11F6N3OS/c22-20(23,24)11-5-6-14(21(25,26)27)13(9-11)18(31)29-15-4-2-1-3-12(15)19-30-16-7-8-28-10-17(16)32-19/h1-10H,(H,29,31). The Kier molecular flexibility index (Phi) is 5.37. The number of anilines is 1. The lowest BCUT2D eigenvalue weighted by molar-refractivity contribution is -0.141. The Hall–Kier alpha value is -3.47. The minimum atomic E-state index is -5.02. The highest BCUT2D eigenvalue weighted by atomic mass is 32.1. The summed E-state index contributed by atoms with van der Waals surface area (Å²) in [4.78, 5) is 21.1. The van der Waals surface area contributed by atoms with Crippen molar-refractivity contribution in [2.75, 3.05) is 5.32 Å². The summed E-state index contributed by atoms with van der Waals surface area (Å²) in [6.45, 7) is 0. The molecule has 11 heteroatoms. The smallest absolute Gasteiger partial charge is 0.321 e. The molecular formula is C21H11F6N3OS. The number of thiazole rings is 1. The summed E-state index contributed by atoms with van der Waals surface area (Å²) < 4.78 is 80.0. The highest BCUT2D eigenvalue weighted by Crippen LogP contribution is 2.38. The number of halogens is 6. The van der Waals surface area contributed by atoms with Crippen molar-refractivity contribution in [1.29, 1.82) is 0 Å². The zero-order valence-electron chi connectivity index (χ0n) is 15.8. The van der Waals surface area contributed by atoms with Crippen LogP contribution in [-0.2, 0) is 12.4 Å². The summed E-state index contributed by atoms with van der Waals surface area (Å²) in [5.74, 6) is -1.32. The molecule has 4 aromatic rings. The Morgan fingerprint density at radius 3 is 2.38 bits per heavy atom. The highest BCUT2D eigenvalue weighted by Gasteiger charge is 2.38. The molecule has 1 N–H and O–H groups in total. The molecule has 2 heterocycles. The van der Waals surface area contributed by atoms with Crippen LogP contribution in [0.2, 0.25) is 0 Å². The van der Waals surface area contributed by atoms with E-state index in [1.807, 2.05) is 0 Å². The van der Waals surface area contributed by atoms with Gasteiger partial charge >= 0.3 is 12.4 Å². The van der Waals surface area contributed by atoms with Gasteiger partial charge in [0.05, 0.1) is 32.6 Å². The molecule has 4 rings (SSSR count). The van der Waals surface area contributed by atoms with Crippen molar-refractivity contribution in [2.24, 2.45) is 0 Å². The molecule has 164 valence electrons. The maximum absolute atomic E-state index is 13.4. The molecule has 2 aromatic carbocycles. The quantitative estimate of drug-likeness (QED) is 0.344. The molecule has 0 spiro atoms. The first-order valence-corrected chi connectivity index (χ1v) is 9.75. The maximum Gasteiger partial charge on any atom is 0.417 e. The summed E-state index contributed by atoms with van der Waals surface area (Å²) in [7, 11) is 0. The number of hydrogen-bond acceptors (Lipinski definition) is 4. The Balaban J connectivity index is 1.75. The highest BCUT2D eigenvalue weighted by molar-refractivity contribution is 7.21. The monoisotopic (exact) mass is 467 g/mol. The molecule has 0 radical (unpaired) electrons. The topological polar surface area (TPSA) is 54.9 Å². The number of alkyl halides is 6. The van der Waals surface area contributed by atoms with Gasteiger partial charge < -0.3 is 5.32 Å². The average molecular weight is 467 g/mol. The fraction of sp³-hybridized carbons (Fsp3) is 0.0952. The van der Waals surface area contributed by atoms with Gasteiger partial charge in [0.2, 0.25) is 0 Å². The van der Waals surface area contributed by atoms with Crippen LogP contribution in [0.1, 0.15) is 21.5 Å². The number of nitrogens with zero attached hydrogens (tertiary/aromatic N) is 2. The predicted molar refractivity (Wildman–Crippen MR) is 107 cm³/mol. The minimum absolute atomic E-state index is 0.107. The molecule has 4 nitrogen and oxygen atoms in total. The van der Waals surface area contributed by atoms with E-state index in [1.165, 1.54) is 23.5 Å². The number of hydrogen-bond donors (Lipinski definition) is 1. The molecule has 0 unspecified atom stereocenters. The summed E-state index contributed by atoms with van der Waals surface area (Å²) in [6.07, 6.45) is -6.79. The van der Waals surface area contributed by atoms with Crippen LogP contribution in [0.15, 0.2) is 60.9 Å². The van der Waals surface area contributed by atoms with E-state index in [0.717, 1.165) is 4.70 Å². The number of nitrogens with one attached hydrogen (secondary N) is 1. The Labute approximate surface area is 180 Å². The molecule has 0 aliphatic heterocycles. The molecular weight excluding hydrogens is 456 g/mol. The number of carbonyl (C=O) groups excluding carboxylic acids is 1. The number of fused-ring (bicyclic) bond motifs is 1. The SMILES string of the molecule is O=C(Nc1ccccc1-c1nc2ccncc2s1)c1cc(C(F)(F)F)ccc1C(F)(F)F. The summed E-state index contributed by atoms with van der Waals surface area (Å²) in [5.41, 5.74) is -2.80. The maximum atomic E-state index is 13.4. The molecule has 32 heavy (non-hydrogen) atoms. The number of amides is 1. The van der Waals surface area contributed by atoms with Gasteiger partial charge in [-0.15, -0.1) is 11.3 Å². The summed E-state index contributed by atoms with van der Waals surface area (Å²) in [5, 5.41) is 2.77. The van der Waals surface area contributed by atoms with Gasteiger partial charge in [-0.25, -0.2) is 4.98 Å². The first kappa shape index (κ1) is 21.8. The number of benzene rings is 2. The van der Waals surface area contributed by atoms with Gasteiger partial charge in [0.25, 0.3) is 5.91 Å². The second-order valence-electron chi connectivity index (χ2n) is 6.62. The molecule has 0 saturated heterocycles. The van der Waals surface area contributed by atoms with Crippen LogP contribution in [0.3, 0.4) is 0 Å². The Bertz CT molecular complexity index is 1280. The van der Waals surface area contributed by atoms with E-state index in [9.17, 15) is 31.1 Å². The van der Waals surface area contributed by atoms with E-state index in [-0.39, 0.29) is 17.8 Å². The Morgan fingerprint density at radius 1 is 0.938 bits per heavy atom. The van der Waals surface area contributed by atoms with Crippen LogP contribution in [0.4, 0.5) is 32.0 Å². The minimum Gasteiger partial charge on any atom is -0.321 e. The van der Waals surface area contributed by atoms with Crippen molar-refractivity contribution in [1.82, 2.24) is 9.97 Å². The van der Waals surface area contributed by atoms with Crippen molar-refractivity contribution < 1.29 is 31.1 Å². The van der Waals surface area contributed by atoms with Gasteiger partial charge in [0, 0.05) is 18.0 Å². The first-order chi connectivity index (χ1) is 15.0. The second-order valence-corrected chi connectivity index (χ2v) is 7.65. The predicted octanol–water partition coefficient (Wildman–Crippen LogP) is 6.65. The van der Waals surface area contributed by atoms with Gasteiger partial charge in [-0.3, -0.25) is 9.78 Å². The van der Waals surface area contributed by atoms with Crippen molar-refractivity contribution in [2.45, 2.75) is 12.4 Å². The van der Waals surface area contributed by atoms with Crippen LogP contribution in [-0.4, -0.2) is 15.9 Å². The van der Waals surface area contributed by atoms with E-state index in [4.69, 9.17) is 0 Å². The molecule has 0 atom stereocenters. The van der Waals surface area contributed by atoms with Gasteiger partial charge in [0.15, 0.2) is 0 Å². The summed E-state index contributed by atoms with van der Waals surface area (Å²) >= 11 is 1.25. The Morgan fingerprint density at radius 2 is 1.69 bits per heavy atom. The number of carbonyl (C=O) groups is 1. The normalized spacial score (nSPS) is 12.2. The van der Waals surface area contributed by atoms with Crippen LogP contribution in [0.5, 0.6) is 0 Å². The van der Waals surface area contributed by atoms with Crippen molar-refractivity contribution in [3.63, 3.8) is 0 Å². The van der Waals surface area contributed by atoms with Crippen molar-refractivity contribution in [3.05, 3.63) is 77.6 Å². The summed E-state index contributed by atoms with van der Waals surface area (Å²) in [6, 6.07) is 8.62. The zero-order chi connectivity index (χ0) is 23.1. The molecule has 0 bridgehead atoms.